The Balaban J connectivity index is 0.000000173. The Morgan fingerprint density at radius 3 is 1.22 bits per heavy atom. The van der Waals surface area contributed by atoms with Crippen LogP contribution < -0.4 is 30.7 Å². The lowest BCUT2D eigenvalue weighted by atomic mass is 9.95. The van der Waals surface area contributed by atoms with Crippen LogP contribution in [0.25, 0.3) is 0 Å². The highest BCUT2D eigenvalue weighted by molar-refractivity contribution is 6.33. The topological polar surface area (TPSA) is 263 Å². The van der Waals surface area contributed by atoms with Gasteiger partial charge >= 0.3 is 0 Å². The third-order valence-corrected chi connectivity index (χ3v) is 19.2. The monoisotopic (exact) mass is 1560 g/mol. The van der Waals surface area contributed by atoms with Crippen LogP contribution in [0.2, 0.25) is 30.1 Å². The molecule has 3 aliphatic heterocycles. The molecule has 0 radical (unpaired) electrons. The first kappa shape index (κ1) is 79.5. The number of anilines is 6. The summed E-state index contributed by atoms with van der Waals surface area (Å²) in [6.07, 6.45) is 7.76. The number of ether oxygens (including phenoxy) is 1. The van der Waals surface area contributed by atoms with Gasteiger partial charge in [-0.3, -0.25) is 39.2 Å². The Kier molecular flexibility index (Phi) is 27.4. The minimum Gasteiger partial charge on any atom is -0.378 e. The molecule has 3 aromatic heterocycles. The molecule has 5 N–H and O–H groups in total. The SMILES string of the molecule is CC(=N)c1ccc(C(=O)Cc2c(C(=O)Nc3ccc(Cl)cn3)cc(Cl)cc2N(C)C)cc1.CN1CCN=C1c1ccc(C(=O)Cc2c(C(=O)Nc3ccc(Cl)cn3)cc(Cl)cc2N(C)C)cc1.N=C(c1ccc(C(=O)Cc2c(C(=O)Nc3ccc(Cl)cn3)cc(Cl)cc2N2CCOCC2)cc1)N1CCCCC1. The number of carbonyl (C=O) groups is 6. The number of likely N-dealkylation sites (N-methyl/N-ethyl adjacent to an activating group) is 1. The van der Waals surface area contributed by atoms with E-state index >= 15 is 0 Å². The van der Waals surface area contributed by atoms with Gasteiger partial charge < -0.3 is 50.6 Å². The maximum atomic E-state index is 13.6. The van der Waals surface area contributed by atoms with Crippen molar-refractivity contribution in [3.63, 3.8) is 0 Å². The summed E-state index contributed by atoms with van der Waals surface area (Å²) in [6, 6.07) is 41.1. The Morgan fingerprint density at radius 2 is 0.841 bits per heavy atom. The second-order valence-electron chi connectivity index (χ2n) is 25.9. The van der Waals surface area contributed by atoms with E-state index in [9.17, 15) is 28.8 Å². The molecule has 552 valence electrons. The number of rotatable bonds is 21. The van der Waals surface area contributed by atoms with Crippen LogP contribution in [0.5, 0.6) is 0 Å². The van der Waals surface area contributed by atoms with Gasteiger partial charge in [-0.2, -0.15) is 0 Å². The number of carbonyl (C=O) groups excluding carboxylic acids is 6. The van der Waals surface area contributed by atoms with E-state index in [2.05, 4.69) is 50.6 Å². The fourth-order valence-corrected chi connectivity index (χ4v) is 13.2. The molecular formula is C80H78Cl6N14O7. The zero-order valence-electron chi connectivity index (χ0n) is 59.6. The largest absolute Gasteiger partial charge is 0.378 e. The van der Waals surface area contributed by atoms with Crippen LogP contribution in [-0.4, -0.2) is 165 Å². The van der Waals surface area contributed by atoms with Gasteiger partial charge in [0, 0.05) is 188 Å². The predicted octanol–water partition coefficient (Wildman–Crippen LogP) is 16.1. The molecule has 6 aromatic carbocycles. The van der Waals surface area contributed by atoms with Gasteiger partial charge in [0.1, 0.15) is 29.1 Å². The molecule has 0 spiro atoms. The van der Waals surface area contributed by atoms with E-state index in [1.165, 1.54) is 25.0 Å². The smallest absolute Gasteiger partial charge is 0.257 e. The second kappa shape index (κ2) is 36.9. The lowest BCUT2D eigenvalue weighted by Gasteiger charge is -2.31. The van der Waals surface area contributed by atoms with Gasteiger partial charge in [-0.15, -0.1) is 0 Å². The number of morpholine rings is 1. The van der Waals surface area contributed by atoms with Crippen LogP contribution in [0.3, 0.4) is 0 Å². The molecule has 2 saturated heterocycles. The van der Waals surface area contributed by atoms with E-state index in [4.69, 9.17) is 85.2 Å². The molecule has 0 saturated carbocycles. The number of halogens is 6. The van der Waals surface area contributed by atoms with E-state index in [0.29, 0.717) is 147 Å². The van der Waals surface area contributed by atoms with Crippen molar-refractivity contribution in [2.45, 2.75) is 45.4 Å². The molecule has 12 rings (SSSR count). The number of amides is 3. The van der Waals surface area contributed by atoms with Crippen molar-refractivity contribution in [2.24, 2.45) is 4.99 Å². The van der Waals surface area contributed by atoms with Crippen molar-refractivity contribution in [1.82, 2.24) is 24.8 Å². The molecule has 3 aliphatic rings. The third kappa shape index (κ3) is 21.2. The standard InChI is InChI=1S/C30H31Cl2N5O3.C26H25Cl2N5O2.C24H22Cl2N4O2/c31-22-8-9-28(34-19-22)35-30(39)25-16-23(32)17-26(36-12-14-40-15-13-36)24(25)18-27(38)20-4-6-21(7-5-20)29(33)37-10-2-1-3-11-37;1-32(2)22-13-19(28)12-21(26(35)31-24-9-8-18(27)15-30-24)20(22)14-23(34)16-4-6-17(7-5-16)25-29-10-11-33(25)3;1-14(27)15-4-6-16(7-5-15)22(31)12-19-20(10-18(26)11-21(19)30(2)3)24(32)29-23-9-8-17(25)13-28-23/h4-9,16-17,19,33H,1-3,10-15,18H2,(H,34,35,39);4-9,12-13,15H,10-11,14H2,1-3H3,(H,30,31,35);4-11,13,27H,12H2,1-3H3,(H,28,29,32). The fourth-order valence-electron chi connectivity index (χ4n) is 12.3. The number of nitrogens with one attached hydrogen (secondary N) is 5. The lowest BCUT2D eigenvalue weighted by Crippen LogP contribution is -2.37. The molecule has 9 aromatic rings. The first-order valence-electron chi connectivity index (χ1n) is 34.3. The number of nitrogens with zero attached hydrogens (tertiary/aromatic N) is 9. The number of Topliss-reactive ketones (excluding diaryl/α,β-unsaturated/α-hetero) is 3. The van der Waals surface area contributed by atoms with Gasteiger partial charge in [0.05, 0.1) is 34.8 Å². The molecular weight excluding hydrogens is 1480 g/mol. The summed E-state index contributed by atoms with van der Waals surface area (Å²) in [7, 11) is 9.33. The van der Waals surface area contributed by atoms with Gasteiger partial charge in [-0.1, -0.05) is 142 Å². The van der Waals surface area contributed by atoms with Crippen LogP contribution in [0.4, 0.5) is 34.5 Å². The summed E-state index contributed by atoms with van der Waals surface area (Å²) >= 11 is 36.8. The predicted molar refractivity (Wildman–Crippen MR) is 430 cm³/mol. The first-order chi connectivity index (χ1) is 51.3. The third-order valence-electron chi connectivity index (χ3n) is 17.9. The highest BCUT2D eigenvalue weighted by Crippen LogP contribution is 2.35. The summed E-state index contributed by atoms with van der Waals surface area (Å²) in [4.78, 5) is 107. The van der Waals surface area contributed by atoms with Crippen molar-refractivity contribution < 1.29 is 33.5 Å². The normalized spacial score (nSPS) is 13.2. The molecule has 3 amide bonds. The zero-order valence-corrected chi connectivity index (χ0v) is 64.2. The molecule has 0 aliphatic carbocycles. The van der Waals surface area contributed by atoms with Crippen molar-refractivity contribution in [3.05, 3.63) is 261 Å². The molecule has 27 heteroatoms. The highest BCUT2D eigenvalue weighted by atomic mass is 35.5. The average Bonchev–Trinajstić information content (AvgIpc) is 1.27. The van der Waals surface area contributed by atoms with E-state index in [1.54, 1.807) is 128 Å². The van der Waals surface area contributed by atoms with Gasteiger partial charge in [0.2, 0.25) is 0 Å². The molecule has 21 nitrogen and oxygen atoms in total. The molecule has 0 atom stereocenters. The van der Waals surface area contributed by atoms with E-state index in [0.717, 1.165) is 67.2 Å². The van der Waals surface area contributed by atoms with E-state index < -0.39 is 17.7 Å². The summed E-state index contributed by atoms with van der Waals surface area (Å²) < 4.78 is 5.52. The molecule has 107 heavy (non-hydrogen) atoms. The van der Waals surface area contributed by atoms with Gasteiger partial charge in [0.25, 0.3) is 17.7 Å². The quantitative estimate of drug-likeness (QED) is 0.0254. The summed E-state index contributed by atoms with van der Waals surface area (Å²) in [5, 5.41) is 27.1. The number of hydrogen-bond acceptors (Lipinski definition) is 17. The summed E-state index contributed by atoms with van der Waals surface area (Å²) in [5.74, 6) is 0.781. The highest BCUT2D eigenvalue weighted by Gasteiger charge is 2.28. The van der Waals surface area contributed by atoms with Crippen LogP contribution >= 0.6 is 69.6 Å². The molecule has 2 fully saturated rings. The van der Waals surface area contributed by atoms with Crippen LogP contribution in [0.15, 0.2) is 169 Å². The van der Waals surface area contributed by atoms with E-state index in [1.807, 2.05) is 69.3 Å². The minimum atomic E-state index is -0.428. The number of benzene rings is 6. The molecule has 0 bridgehead atoms. The average molecular weight is 1560 g/mol. The number of likely N-dealkylation sites (tertiary alicyclic amines) is 1. The summed E-state index contributed by atoms with van der Waals surface area (Å²) in [6.45, 7) is 7.44. The number of amidine groups is 2. The van der Waals surface area contributed by atoms with Crippen LogP contribution in [0.1, 0.15) is 122 Å². The minimum absolute atomic E-state index is 0.00355. The Bertz CT molecular complexity index is 4800. The lowest BCUT2D eigenvalue weighted by molar-refractivity contribution is 0.0980. The number of aromatic nitrogens is 3. The van der Waals surface area contributed by atoms with Crippen LogP contribution in [0, 0.1) is 10.8 Å². The molecule has 6 heterocycles. The van der Waals surface area contributed by atoms with Gasteiger partial charge in [0.15, 0.2) is 17.3 Å². The Hall–Kier alpha value is -10.1. The Labute approximate surface area is 651 Å². The maximum Gasteiger partial charge on any atom is 0.257 e. The number of ketones is 3. The van der Waals surface area contributed by atoms with Crippen molar-refractivity contribution in [1.29, 1.82) is 10.8 Å². The molecule has 0 unspecified atom stereocenters. The van der Waals surface area contributed by atoms with Crippen LogP contribution in [-0.2, 0) is 24.0 Å². The van der Waals surface area contributed by atoms with Crippen molar-refractivity contribution in [2.75, 3.05) is 118 Å². The number of aliphatic imine (C=N–C) groups is 1. The van der Waals surface area contributed by atoms with Crippen molar-refractivity contribution in [3.8, 4) is 0 Å². The maximum absolute atomic E-state index is 13.6. The second-order valence-corrected chi connectivity index (χ2v) is 28.5. The number of pyridine rings is 3. The fraction of sp³-hybridized carbons (Fsp3) is 0.250. The Morgan fingerprint density at radius 1 is 0.458 bits per heavy atom. The number of piperidine rings is 1. The van der Waals surface area contributed by atoms with Crippen molar-refractivity contribution >= 4 is 157 Å². The van der Waals surface area contributed by atoms with E-state index in [-0.39, 0.29) is 36.6 Å². The van der Waals surface area contributed by atoms with Gasteiger partial charge in [-0.25, -0.2) is 15.0 Å². The first-order valence-corrected chi connectivity index (χ1v) is 36.5. The van der Waals surface area contributed by atoms with Gasteiger partial charge in [-0.05, 0) is 121 Å². The number of hydrogen-bond donors (Lipinski definition) is 5. The zero-order chi connectivity index (χ0) is 76.6. The summed E-state index contributed by atoms with van der Waals surface area (Å²) in [5.41, 5.74) is 9.25.